The molecule has 7 heteroatoms. The fraction of sp³-hybridized carbons (Fsp3) is 0.286. The molecule has 0 spiro atoms. The average molecular weight is 313 g/mol. The van der Waals surface area contributed by atoms with Crippen LogP contribution in [0.3, 0.4) is 0 Å². The summed E-state index contributed by atoms with van der Waals surface area (Å²) < 4.78 is 43.7. The van der Waals surface area contributed by atoms with E-state index in [0.29, 0.717) is 11.1 Å². The molecule has 0 aliphatic carbocycles. The zero-order chi connectivity index (χ0) is 15.3. The number of aliphatic hydroxyl groups is 1. The van der Waals surface area contributed by atoms with Crippen molar-refractivity contribution in [2.45, 2.75) is 18.3 Å². The summed E-state index contributed by atoms with van der Waals surface area (Å²) in [5, 5.41) is 9.79. The number of nitrogens with one attached hydrogen (secondary N) is 1. The van der Waals surface area contributed by atoms with Gasteiger partial charge in [-0.25, -0.2) is 17.5 Å². The maximum Gasteiger partial charge on any atom is 0.215 e. The van der Waals surface area contributed by atoms with Crippen LogP contribution in [0, 0.1) is 5.82 Å². The van der Waals surface area contributed by atoms with Crippen LogP contribution in [-0.4, -0.2) is 20.1 Å². The Labute approximate surface area is 122 Å². The molecule has 1 atom stereocenters. The fourth-order valence-electron chi connectivity index (χ4n) is 1.83. The van der Waals surface area contributed by atoms with E-state index < -0.39 is 21.9 Å². The number of halogens is 1. The van der Waals surface area contributed by atoms with E-state index in [1.165, 1.54) is 36.8 Å². The van der Waals surface area contributed by atoms with Gasteiger partial charge in [0.25, 0.3) is 0 Å². The molecule has 1 aromatic heterocycles. The normalized spacial score (nSPS) is 13.2. The molecule has 0 bridgehead atoms. The van der Waals surface area contributed by atoms with E-state index in [4.69, 9.17) is 4.42 Å². The van der Waals surface area contributed by atoms with Gasteiger partial charge < -0.3 is 9.52 Å². The molecule has 1 unspecified atom stereocenters. The zero-order valence-corrected chi connectivity index (χ0v) is 12.0. The number of benzene rings is 1. The predicted octanol–water partition coefficient (Wildman–Crippen LogP) is 1.96. The Morgan fingerprint density at radius 3 is 2.57 bits per heavy atom. The van der Waals surface area contributed by atoms with E-state index >= 15 is 0 Å². The van der Waals surface area contributed by atoms with Crippen LogP contribution in [0.1, 0.15) is 23.7 Å². The second kappa shape index (κ2) is 6.84. The third kappa shape index (κ3) is 4.96. The number of aliphatic hydroxyl groups excluding tert-OH is 1. The quantitative estimate of drug-likeness (QED) is 0.819. The van der Waals surface area contributed by atoms with Crippen LogP contribution in [0.2, 0.25) is 0 Å². The van der Waals surface area contributed by atoms with Gasteiger partial charge in [-0.05, 0) is 30.2 Å². The fourth-order valence-corrected chi connectivity index (χ4v) is 3.00. The van der Waals surface area contributed by atoms with Gasteiger partial charge in [-0.15, -0.1) is 0 Å². The van der Waals surface area contributed by atoms with Gasteiger partial charge in [0.15, 0.2) is 0 Å². The van der Waals surface area contributed by atoms with Crippen LogP contribution in [-0.2, 0) is 15.8 Å². The first-order valence-electron chi connectivity index (χ1n) is 6.38. The van der Waals surface area contributed by atoms with Crippen molar-refractivity contribution in [1.29, 1.82) is 0 Å². The van der Waals surface area contributed by atoms with Crippen molar-refractivity contribution >= 4 is 10.0 Å². The van der Waals surface area contributed by atoms with E-state index in [2.05, 4.69) is 4.72 Å². The van der Waals surface area contributed by atoms with Crippen LogP contribution < -0.4 is 4.72 Å². The summed E-state index contributed by atoms with van der Waals surface area (Å²) in [5.41, 5.74) is 1.10. The Hall–Kier alpha value is -1.70. The SMILES string of the molecule is O=S(=O)(Cc1ccc(F)cc1)NCCC(O)c1ccoc1. The third-order valence-electron chi connectivity index (χ3n) is 2.94. The van der Waals surface area contributed by atoms with Crippen molar-refractivity contribution in [3.05, 3.63) is 59.8 Å². The zero-order valence-electron chi connectivity index (χ0n) is 11.2. The van der Waals surface area contributed by atoms with Crippen LogP contribution >= 0.6 is 0 Å². The first-order chi connectivity index (χ1) is 9.96. The largest absolute Gasteiger partial charge is 0.472 e. The van der Waals surface area contributed by atoms with E-state index in [-0.39, 0.29) is 18.7 Å². The summed E-state index contributed by atoms with van der Waals surface area (Å²) in [7, 11) is -3.52. The smallest absolute Gasteiger partial charge is 0.215 e. The Morgan fingerprint density at radius 1 is 1.24 bits per heavy atom. The molecule has 0 aliphatic heterocycles. The highest BCUT2D eigenvalue weighted by Crippen LogP contribution is 2.16. The maximum atomic E-state index is 12.7. The molecule has 0 radical (unpaired) electrons. The van der Waals surface area contributed by atoms with Gasteiger partial charge in [-0.1, -0.05) is 12.1 Å². The Kier molecular flexibility index (Phi) is 5.11. The number of furan rings is 1. The van der Waals surface area contributed by atoms with Crippen LogP contribution in [0.15, 0.2) is 47.3 Å². The highest BCUT2D eigenvalue weighted by Gasteiger charge is 2.14. The van der Waals surface area contributed by atoms with Crippen LogP contribution in [0.25, 0.3) is 0 Å². The summed E-state index contributed by atoms with van der Waals surface area (Å²) in [5.74, 6) is -0.637. The van der Waals surface area contributed by atoms with Crippen molar-refractivity contribution < 1.29 is 22.3 Å². The summed E-state index contributed by atoms with van der Waals surface area (Å²) in [6.45, 7) is 0.107. The standard InChI is InChI=1S/C14H16FNO4S/c15-13-3-1-11(2-4-13)10-21(18,19)16-7-5-14(17)12-6-8-20-9-12/h1-4,6,8-9,14,16-17H,5,7,10H2. The van der Waals surface area contributed by atoms with E-state index in [1.54, 1.807) is 6.07 Å². The van der Waals surface area contributed by atoms with E-state index in [1.807, 2.05) is 0 Å². The molecular weight excluding hydrogens is 297 g/mol. The molecule has 2 aromatic rings. The number of rotatable bonds is 7. The summed E-state index contributed by atoms with van der Waals surface area (Å²) >= 11 is 0. The summed E-state index contributed by atoms with van der Waals surface area (Å²) in [6, 6.07) is 6.91. The molecule has 0 amide bonds. The molecular formula is C14H16FNO4S. The second-order valence-corrected chi connectivity index (χ2v) is 6.45. The highest BCUT2D eigenvalue weighted by atomic mass is 32.2. The molecule has 0 fully saturated rings. The van der Waals surface area contributed by atoms with Crippen molar-refractivity contribution in [2.75, 3.05) is 6.54 Å². The Bertz CT molecular complexity index is 653. The number of hydrogen-bond acceptors (Lipinski definition) is 4. The molecule has 1 aromatic carbocycles. The molecule has 21 heavy (non-hydrogen) atoms. The van der Waals surface area contributed by atoms with Crippen LogP contribution in [0.4, 0.5) is 4.39 Å². The molecule has 2 N–H and O–H groups in total. The molecule has 0 aliphatic rings. The molecule has 114 valence electrons. The Balaban J connectivity index is 1.82. The minimum Gasteiger partial charge on any atom is -0.472 e. The monoisotopic (exact) mass is 313 g/mol. The average Bonchev–Trinajstić information content (AvgIpc) is 2.95. The van der Waals surface area contributed by atoms with Crippen molar-refractivity contribution in [2.24, 2.45) is 0 Å². The molecule has 1 heterocycles. The first kappa shape index (κ1) is 15.7. The maximum absolute atomic E-state index is 12.7. The predicted molar refractivity (Wildman–Crippen MR) is 75.3 cm³/mol. The summed E-state index contributed by atoms with van der Waals surface area (Å²) in [4.78, 5) is 0. The minimum atomic E-state index is -3.52. The van der Waals surface area contributed by atoms with Gasteiger partial charge in [0.05, 0.1) is 24.4 Å². The first-order valence-corrected chi connectivity index (χ1v) is 8.03. The van der Waals surface area contributed by atoms with Crippen molar-refractivity contribution in [1.82, 2.24) is 4.72 Å². The highest BCUT2D eigenvalue weighted by molar-refractivity contribution is 7.88. The number of hydrogen-bond donors (Lipinski definition) is 2. The van der Waals surface area contributed by atoms with Gasteiger partial charge >= 0.3 is 0 Å². The topological polar surface area (TPSA) is 79.5 Å². The molecule has 0 saturated heterocycles. The van der Waals surface area contributed by atoms with E-state index in [0.717, 1.165) is 0 Å². The van der Waals surface area contributed by atoms with Crippen molar-refractivity contribution in [3.63, 3.8) is 0 Å². The lowest BCUT2D eigenvalue weighted by atomic mass is 10.1. The van der Waals surface area contributed by atoms with Gasteiger partial charge in [0.2, 0.25) is 10.0 Å². The lowest BCUT2D eigenvalue weighted by molar-refractivity contribution is 0.168. The molecule has 0 saturated carbocycles. The van der Waals surface area contributed by atoms with Crippen molar-refractivity contribution in [3.8, 4) is 0 Å². The van der Waals surface area contributed by atoms with Gasteiger partial charge in [0, 0.05) is 12.1 Å². The minimum absolute atomic E-state index is 0.107. The lowest BCUT2D eigenvalue weighted by Gasteiger charge is -2.10. The Morgan fingerprint density at radius 2 is 1.95 bits per heavy atom. The molecule has 5 nitrogen and oxygen atoms in total. The van der Waals surface area contributed by atoms with Gasteiger partial charge in [-0.3, -0.25) is 0 Å². The molecule has 2 rings (SSSR count). The lowest BCUT2D eigenvalue weighted by Crippen LogP contribution is -2.27. The van der Waals surface area contributed by atoms with Gasteiger partial charge in [-0.2, -0.15) is 0 Å². The second-order valence-electron chi connectivity index (χ2n) is 4.64. The van der Waals surface area contributed by atoms with E-state index in [9.17, 15) is 17.9 Å². The van der Waals surface area contributed by atoms with Gasteiger partial charge in [0.1, 0.15) is 5.82 Å². The van der Waals surface area contributed by atoms with Crippen LogP contribution in [0.5, 0.6) is 0 Å². The number of sulfonamides is 1. The third-order valence-corrected chi connectivity index (χ3v) is 4.29. The summed E-state index contributed by atoms with van der Waals surface area (Å²) in [6.07, 6.45) is 2.31.